The zero-order valence-corrected chi connectivity index (χ0v) is 21.5. The average molecular weight is 505 g/mol. The first-order chi connectivity index (χ1) is 17.5. The molecule has 1 amide bonds. The number of amides is 1. The Kier molecular flexibility index (Phi) is 7.53. The molecule has 1 aliphatic heterocycles. The van der Waals surface area contributed by atoms with Gasteiger partial charge in [0.1, 0.15) is 18.5 Å². The highest BCUT2D eigenvalue weighted by Gasteiger charge is 2.23. The zero-order valence-electron chi connectivity index (χ0n) is 20.7. The topological polar surface area (TPSA) is 62.2 Å². The predicted molar refractivity (Wildman–Crippen MR) is 145 cm³/mol. The molecule has 188 valence electrons. The van der Waals surface area contributed by atoms with Gasteiger partial charge in [0.05, 0.1) is 12.0 Å². The van der Waals surface area contributed by atoms with Gasteiger partial charge in [0.2, 0.25) is 0 Å². The molecule has 1 saturated heterocycles. The maximum absolute atomic E-state index is 12.4. The van der Waals surface area contributed by atoms with E-state index >= 15 is 0 Å². The van der Waals surface area contributed by atoms with E-state index in [-0.39, 0.29) is 12.5 Å². The molecule has 0 saturated carbocycles. The van der Waals surface area contributed by atoms with E-state index in [2.05, 4.69) is 47.4 Å². The van der Waals surface area contributed by atoms with Crippen molar-refractivity contribution in [2.45, 2.75) is 24.9 Å². The number of piperidine rings is 1. The van der Waals surface area contributed by atoms with Crippen LogP contribution in [0.25, 0.3) is 20.9 Å². The van der Waals surface area contributed by atoms with Crippen molar-refractivity contribution >= 4 is 38.1 Å². The second kappa shape index (κ2) is 11.0. The van der Waals surface area contributed by atoms with Crippen LogP contribution in [0.4, 0.5) is 0 Å². The molecule has 5 rings (SSSR count). The largest absolute Gasteiger partial charge is 0.490 e. The fourth-order valence-corrected chi connectivity index (χ4v) is 6.00. The molecular weight excluding hydrogens is 472 g/mol. The van der Waals surface area contributed by atoms with Gasteiger partial charge in [-0.3, -0.25) is 9.63 Å². The molecule has 1 aliphatic rings. The molecule has 0 spiro atoms. The van der Waals surface area contributed by atoms with Crippen LogP contribution in [0.3, 0.4) is 0 Å². The molecule has 0 unspecified atom stereocenters. The quantitative estimate of drug-likeness (QED) is 0.330. The lowest BCUT2D eigenvalue weighted by molar-refractivity contribution is -0.0753. The van der Waals surface area contributed by atoms with E-state index in [1.54, 1.807) is 7.05 Å². The van der Waals surface area contributed by atoms with Gasteiger partial charge in [-0.15, -0.1) is 11.3 Å². The minimum atomic E-state index is -0.586. The van der Waals surface area contributed by atoms with Crippen LogP contribution in [0, 0.1) is 0 Å². The van der Waals surface area contributed by atoms with Gasteiger partial charge >= 0.3 is 0 Å². The summed E-state index contributed by atoms with van der Waals surface area (Å²) in [6, 6.07) is 22.9. The Labute approximate surface area is 215 Å². The van der Waals surface area contributed by atoms with E-state index in [0.717, 1.165) is 36.0 Å². The van der Waals surface area contributed by atoms with Crippen LogP contribution in [0.15, 0.2) is 66.7 Å². The van der Waals surface area contributed by atoms with Crippen LogP contribution in [0.5, 0.6) is 5.75 Å². The lowest BCUT2D eigenvalue weighted by Gasteiger charge is -2.33. The van der Waals surface area contributed by atoms with E-state index in [1.165, 1.54) is 39.8 Å². The zero-order chi connectivity index (χ0) is 25.1. The second-order valence-electron chi connectivity index (χ2n) is 9.41. The monoisotopic (exact) mass is 504 g/mol. The minimum Gasteiger partial charge on any atom is -0.490 e. The van der Waals surface area contributed by atoms with Crippen molar-refractivity contribution < 1.29 is 19.5 Å². The van der Waals surface area contributed by atoms with Crippen molar-refractivity contribution in [2.75, 3.05) is 40.4 Å². The number of nitrogens with zero attached hydrogens (tertiary/aromatic N) is 2. The number of hydrogen-bond donors (Lipinski definition) is 1. The summed E-state index contributed by atoms with van der Waals surface area (Å²) in [5, 5.41) is 15.4. The number of carbonyl (C=O) groups excluding carboxylic acids is 1. The molecule has 4 aromatic rings. The van der Waals surface area contributed by atoms with Gasteiger partial charge in [-0.1, -0.05) is 48.5 Å². The van der Waals surface area contributed by atoms with E-state index in [9.17, 15) is 9.90 Å². The summed E-state index contributed by atoms with van der Waals surface area (Å²) in [6.07, 6.45) is 1.59. The SMILES string of the molecule is CON(C)C(=O)c1cc2c(OC[C@@H](O)CN3CCC(c4ccc5ccccc5c4)CC3)cccc2s1. The third-order valence-electron chi connectivity index (χ3n) is 7.02. The fraction of sp³-hybridized carbons (Fsp3) is 0.345. The molecule has 1 N–H and O–H groups in total. The Hall–Kier alpha value is -2.97. The number of hydrogen-bond acceptors (Lipinski definition) is 6. The number of aliphatic hydroxyl groups is 1. The van der Waals surface area contributed by atoms with E-state index in [0.29, 0.717) is 23.1 Å². The fourth-order valence-electron chi connectivity index (χ4n) is 4.95. The molecule has 1 atom stereocenters. The maximum atomic E-state index is 12.4. The van der Waals surface area contributed by atoms with Crippen molar-refractivity contribution in [2.24, 2.45) is 0 Å². The van der Waals surface area contributed by atoms with Gasteiger partial charge in [-0.2, -0.15) is 0 Å². The summed E-state index contributed by atoms with van der Waals surface area (Å²) < 4.78 is 6.97. The number of thiophene rings is 1. The van der Waals surface area contributed by atoms with Crippen LogP contribution >= 0.6 is 11.3 Å². The highest BCUT2D eigenvalue weighted by Crippen LogP contribution is 2.34. The normalized spacial score (nSPS) is 15.9. The third-order valence-corrected chi connectivity index (χ3v) is 8.11. The van der Waals surface area contributed by atoms with Crippen LogP contribution < -0.4 is 4.74 Å². The molecular formula is C29H32N2O4S. The lowest BCUT2D eigenvalue weighted by Crippen LogP contribution is -2.40. The molecule has 2 heterocycles. The summed E-state index contributed by atoms with van der Waals surface area (Å²) >= 11 is 1.40. The predicted octanol–water partition coefficient (Wildman–Crippen LogP) is 5.31. The Morgan fingerprint density at radius 3 is 2.64 bits per heavy atom. The molecule has 36 heavy (non-hydrogen) atoms. The van der Waals surface area contributed by atoms with E-state index < -0.39 is 6.10 Å². The summed E-state index contributed by atoms with van der Waals surface area (Å²) in [6.45, 7) is 2.73. The summed E-state index contributed by atoms with van der Waals surface area (Å²) in [4.78, 5) is 20.4. The van der Waals surface area contributed by atoms with Crippen LogP contribution in [0.2, 0.25) is 0 Å². The summed E-state index contributed by atoms with van der Waals surface area (Å²) in [5.41, 5.74) is 1.41. The van der Waals surface area contributed by atoms with Gasteiger partial charge < -0.3 is 14.7 Å². The van der Waals surface area contributed by atoms with Crippen molar-refractivity contribution in [3.8, 4) is 5.75 Å². The van der Waals surface area contributed by atoms with E-state index in [4.69, 9.17) is 9.57 Å². The van der Waals surface area contributed by atoms with Crippen LogP contribution in [-0.4, -0.2) is 67.5 Å². The number of hydroxylamine groups is 2. The lowest BCUT2D eigenvalue weighted by atomic mass is 9.88. The summed E-state index contributed by atoms with van der Waals surface area (Å²) in [5.74, 6) is 1.04. The first-order valence-corrected chi connectivity index (χ1v) is 13.2. The van der Waals surface area contributed by atoms with Gasteiger partial charge in [0, 0.05) is 23.7 Å². The van der Waals surface area contributed by atoms with Gasteiger partial charge in [0.15, 0.2) is 0 Å². The number of rotatable bonds is 8. The second-order valence-corrected chi connectivity index (χ2v) is 10.5. The molecule has 1 fully saturated rings. The molecule has 7 heteroatoms. The molecule has 0 radical (unpaired) electrons. The van der Waals surface area contributed by atoms with Crippen LogP contribution in [0.1, 0.15) is 34.0 Å². The molecule has 3 aromatic carbocycles. The number of benzene rings is 3. The standard InChI is InChI=1S/C29H32N2O4S/c1-30(34-2)29(33)28-17-25-26(8-5-9-27(25)36-28)35-19-24(32)18-31-14-12-21(13-15-31)23-11-10-20-6-3-4-7-22(20)16-23/h3-11,16-17,21,24,32H,12-15,18-19H2,1-2H3/t24-/m0/s1. The molecule has 6 nitrogen and oxygen atoms in total. The molecule has 0 bridgehead atoms. The third kappa shape index (κ3) is 5.39. The van der Waals surface area contributed by atoms with Gasteiger partial charge in [0.25, 0.3) is 5.91 Å². The Balaban J connectivity index is 1.14. The van der Waals surface area contributed by atoms with Crippen molar-refractivity contribution in [1.29, 1.82) is 0 Å². The maximum Gasteiger partial charge on any atom is 0.287 e. The van der Waals surface area contributed by atoms with Crippen LogP contribution in [-0.2, 0) is 4.84 Å². The van der Waals surface area contributed by atoms with E-state index in [1.807, 2.05) is 24.3 Å². The first kappa shape index (κ1) is 24.7. The number of fused-ring (bicyclic) bond motifs is 2. The number of β-amino-alcohol motifs (C(OH)–C–C–N with tert-alkyl or cyclic N) is 1. The smallest absolute Gasteiger partial charge is 0.287 e. The first-order valence-electron chi connectivity index (χ1n) is 12.4. The van der Waals surface area contributed by atoms with Crippen molar-refractivity contribution in [3.05, 3.63) is 77.2 Å². The Bertz CT molecular complexity index is 1350. The average Bonchev–Trinajstić information content (AvgIpc) is 3.36. The number of likely N-dealkylation sites (tertiary alicyclic amines) is 1. The Morgan fingerprint density at radius 1 is 1.08 bits per heavy atom. The summed E-state index contributed by atoms with van der Waals surface area (Å²) in [7, 11) is 3.05. The highest BCUT2D eigenvalue weighted by molar-refractivity contribution is 7.20. The van der Waals surface area contributed by atoms with Gasteiger partial charge in [-0.25, -0.2) is 5.06 Å². The van der Waals surface area contributed by atoms with Gasteiger partial charge in [-0.05, 0) is 66.4 Å². The molecule has 0 aliphatic carbocycles. The van der Waals surface area contributed by atoms with Crippen molar-refractivity contribution in [3.63, 3.8) is 0 Å². The Morgan fingerprint density at radius 2 is 1.86 bits per heavy atom. The number of carbonyl (C=O) groups is 1. The van der Waals surface area contributed by atoms with Crippen molar-refractivity contribution in [1.82, 2.24) is 9.96 Å². The number of aliphatic hydroxyl groups excluding tert-OH is 1. The number of ether oxygens (including phenoxy) is 1. The molecule has 1 aromatic heterocycles. The highest BCUT2D eigenvalue weighted by atomic mass is 32.1. The minimum absolute atomic E-state index is 0.197.